The molecule has 3 aromatic rings. The van der Waals surface area contributed by atoms with Crippen molar-refractivity contribution in [3.05, 3.63) is 82.0 Å². The van der Waals surface area contributed by atoms with Crippen molar-refractivity contribution in [2.45, 2.75) is 6.54 Å². The molecular formula is C19H11ClN4O2. The largest absolute Gasteiger partial charge is 0.472 e. The number of hydrogen-bond donors (Lipinski definition) is 1. The van der Waals surface area contributed by atoms with E-state index in [4.69, 9.17) is 21.3 Å². The van der Waals surface area contributed by atoms with Gasteiger partial charge in [0, 0.05) is 23.0 Å². The van der Waals surface area contributed by atoms with Crippen LogP contribution in [0.2, 0.25) is 5.02 Å². The molecule has 3 heterocycles. The summed E-state index contributed by atoms with van der Waals surface area (Å²) in [5.74, 6) is -0.480. The monoisotopic (exact) mass is 362 g/mol. The average molecular weight is 363 g/mol. The number of halogens is 1. The van der Waals surface area contributed by atoms with Crippen LogP contribution in [0, 0.1) is 11.3 Å². The summed E-state index contributed by atoms with van der Waals surface area (Å²) in [6, 6.07) is 10.8. The van der Waals surface area contributed by atoms with E-state index in [0.29, 0.717) is 12.2 Å². The van der Waals surface area contributed by atoms with Gasteiger partial charge in [0.2, 0.25) is 0 Å². The van der Waals surface area contributed by atoms with E-state index in [-0.39, 0.29) is 16.3 Å². The standard InChI is InChI=1S/C19H11ClN4O2/c20-16-11(8-21)3-5-22-18(16)19(25)24-14-2-1-12-9-23-17(15(12)7-14)13-4-6-26-10-13/h1-7,10H,9H2,(H,24,25). The number of nitriles is 1. The van der Waals surface area contributed by atoms with Crippen LogP contribution in [0.4, 0.5) is 5.69 Å². The number of nitrogens with zero attached hydrogens (tertiary/aromatic N) is 3. The van der Waals surface area contributed by atoms with E-state index in [0.717, 1.165) is 22.4 Å². The molecule has 1 aliphatic heterocycles. The van der Waals surface area contributed by atoms with Gasteiger partial charge in [-0.05, 0) is 29.8 Å². The molecule has 1 aromatic carbocycles. The number of anilines is 1. The Labute approximate surface area is 153 Å². The molecule has 0 radical (unpaired) electrons. The molecule has 0 bridgehead atoms. The zero-order valence-electron chi connectivity index (χ0n) is 13.4. The van der Waals surface area contributed by atoms with E-state index >= 15 is 0 Å². The number of carbonyl (C=O) groups excluding carboxylic acids is 1. The van der Waals surface area contributed by atoms with Crippen molar-refractivity contribution in [2.24, 2.45) is 4.99 Å². The highest BCUT2D eigenvalue weighted by atomic mass is 35.5. The molecule has 0 spiro atoms. The average Bonchev–Trinajstić information content (AvgIpc) is 3.30. The maximum absolute atomic E-state index is 12.5. The van der Waals surface area contributed by atoms with Crippen molar-refractivity contribution in [3.63, 3.8) is 0 Å². The SMILES string of the molecule is N#Cc1ccnc(C(=O)Nc2ccc3c(c2)C(c2ccoc2)=NC3)c1Cl. The molecule has 0 aliphatic carbocycles. The van der Waals surface area contributed by atoms with E-state index in [1.807, 2.05) is 24.3 Å². The first-order valence-electron chi connectivity index (χ1n) is 7.73. The quantitative estimate of drug-likeness (QED) is 0.767. The zero-order chi connectivity index (χ0) is 18.1. The first-order chi connectivity index (χ1) is 12.7. The number of amides is 1. The Morgan fingerprint density at radius 3 is 2.96 bits per heavy atom. The smallest absolute Gasteiger partial charge is 0.275 e. The minimum absolute atomic E-state index is 0.00920. The van der Waals surface area contributed by atoms with Crippen LogP contribution in [-0.2, 0) is 6.54 Å². The summed E-state index contributed by atoms with van der Waals surface area (Å²) >= 11 is 6.08. The highest BCUT2D eigenvalue weighted by Gasteiger charge is 2.20. The van der Waals surface area contributed by atoms with E-state index in [1.54, 1.807) is 18.6 Å². The molecule has 0 saturated carbocycles. The fourth-order valence-electron chi connectivity index (χ4n) is 2.79. The van der Waals surface area contributed by atoms with Crippen molar-refractivity contribution < 1.29 is 9.21 Å². The molecule has 126 valence electrons. The van der Waals surface area contributed by atoms with Crippen LogP contribution in [0.15, 0.2) is 58.5 Å². The zero-order valence-corrected chi connectivity index (χ0v) is 14.1. The summed E-state index contributed by atoms with van der Waals surface area (Å²) in [6.07, 6.45) is 4.61. The third-order valence-electron chi connectivity index (χ3n) is 4.05. The number of nitrogens with one attached hydrogen (secondary N) is 1. The number of carbonyl (C=O) groups is 1. The number of pyridine rings is 1. The fraction of sp³-hybridized carbons (Fsp3) is 0.0526. The van der Waals surface area contributed by atoms with E-state index in [1.165, 1.54) is 12.3 Å². The molecule has 1 aliphatic rings. The minimum atomic E-state index is -0.480. The molecule has 0 saturated heterocycles. The van der Waals surface area contributed by atoms with Gasteiger partial charge in [-0.3, -0.25) is 9.79 Å². The van der Waals surface area contributed by atoms with Crippen LogP contribution in [0.3, 0.4) is 0 Å². The molecule has 0 unspecified atom stereocenters. The van der Waals surface area contributed by atoms with Crippen LogP contribution in [-0.4, -0.2) is 16.6 Å². The van der Waals surface area contributed by atoms with Gasteiger partial charge in [0.1, 0.15) is 11.8 Å². The third-order valence-corrected chi connectivity index (χ3v) is 4.43. The van der Waals surface area contributed by atoms with E-state index in [2.05, 4.69) is 15.3 Å². The second kappa shape index (κ2) is 6.47. The Kier molecular flexibility index (Phi) is 3.99. The number of aromatic nitrogens is 1. The molecule has 4 rings (SSSR count). The topological polar surface area (TPSA) is 91.3 Å². The molecule has 0 fully saturated rings. The van der Waals surface area contributed by atoms with Gasteiger partial charge in [0.15, 0.2) is 0 Å². The van der Waals surface area contributed by atoms with Crippen LogP contribution in [0.25, 0.3) is 0 Å². The fourth-order valence-corrected chi connectivity index (χ4v) is 3.03. The predicted octanol–water partition coefficient (Wildman–Crippen LogP) is 3.80. The normalized spacial score (nSPS) is 12.2. The van der Waals surface area contributed by atoms with Crippen LogP contribution < -0.4 is 5.32 Å². The lowest BCUT2D eigenvalue weighted by Crippen LogP contribution is -2.15. The lowest BCUT2D eigenvalue weighted by molar-refractivity contribution is 0.102. The molecule has 7 heteroatoms. The van der Waals surface area contributed by atoms with Crippen molar-refractivity contribution in [3.8, 4) is 6.07 Å². The first-order valence-corrected chi connectivity index (χ1v) is 8.11. The molecule has 2 aromatic heterocycles. The summed E-state index contributed by atoms with van der Waals surface area (Å²) in [6.45, 7) is 0.585. The predicted molar refractivity (Wildman–Crippen MR) is 96.4 cm³/mol. The maximum Gasteiger partial charge on any atom is 0.275 e. The van der Waals surface area contributed by atoms with Crippen LogP contribution >= 0.6 is 11.6 Å². The highest BCUT2D eigenvalue weighted by Crippen LogP contribution is 2.27. The summed E-state index contributed by atoms with van der Waals surface area (Å²) in [5.41, 5.74) is 4.53. The van der Waals surface area contributed by atoms with Gasteiger partial charge in [-0.1, -0.05) is 17.7 Å². The summed E-state index contributed by atoms with van der Waals surface area (Å²) in [4.78, 5) is 21.0. The van der Waals surface area contributed by atoms with Crippen molar-refractivity contribution in [1.82, 2.24) is 4.98 Å². The second-order valence-corrected chi connectivity index (χ2v) is 6.01. The first kappa shape index (κ1) is 16.1. The van der Waals surface area contributed by atoms with Gasteiger partial charge in [0.05, 0.1) is 35.4 Å². The van der Waals surface area contributed by atoms with Gasteiger partial charge in [-0.15, -0.1) is 0 Å². The Morgan fingerprint density at radius 1 is 1.31 bits per heavy atom. The Bertz CT molecular complexity index is 1080. The van der Waals surface area contributed by atoms with E-state index < -0.39 is 5.91 Å². The lowest BCUT2D eigenvalue weighted by Gasteiger charge is -2.09. The summed E-state index contributed by atoms with van der Waals surface area (Å²) in [7, 11) is 0. The molecule has 1 amide bonds. The molecule has 6 nitrogen and oxygen atoms in total. The number of rotatable bonds is 3. The highest BCUT2D eigenvalue weighted by molar-refractivity contribution is 6.35. The van der Waals surface area contributed by atoms with Crippen LogP contribution in [0.1, 0.15) is 32.7 Å². The van der Waals surface area contributed by atoms with E-state index in [9.17, 15) is 4.79 Å². The van der Waals surface area contributed by atoms with Crippen LogP contribution in [0.5, 0.6) is 0 Å². The maximum atomic E-state index is 12.5. The van der Waals surface area contributed by atoms with Gasteiger partial charge in [-0.25, -0.2) is 4.98 Å². The van der Waals surface area contributed by atoms with Gasteiger partial charge in [-0.2, -0.15) is 5.26 Å². The second-order valence-electron chi connectivity index (χ2n) is 5.64. The Balaban J connectivity index is 1.63. The molecule has 0 atom stereocenters. The Hall–Kier alpha value is -3.43. The van der Waals surface area contributed by atoms with Gasteiger partial charge >= 0.3 is 0 Å². The van der Waals surface area contributed by atoms with Crippen molar-refractivity contribution >= 4 is 28.9 Å². The summed E-state index contributed by atoms with van der Waals surface area (Å²) in [5, 5.41) is 11.8. The minimum Gasteiger partial charge on any atom is -0.472 e. The van der Waals surface area contributed by atoms with Gasteiger partial charge < -0.3 is 9.73 Å². The third kappa shape index (κ3) is 2.75. The number of aliphatic imine (C=N–C) groups is 1. The van der Waals surface area contributed by atoms with Gasteiger partial charge in [0.25, 0.3) is 5.91 Å². The summed E-state index contributed by atoms with van der Waals surface area (Å²) < 4.78 is 5.13. The number of benzene rings is 1. The van der Waals surface area contributed by atoms with Crippen molar-refractivity contribution in [1.29, 1.82) is 5.26 Å². The number of fused-ring (bicyclic) bond motifs is 1. The number of hydrogen-bond acceptors (Lipinski definition) is 5. The van der Waals surface area contributed by atoms with Crippen molar-refractivity contribution in [2.75, 3.05) is 5.32 Å². The Morgan fingerprint density at radius 2 is 2.19 bits per heavy atom. The molecule has 1 N–H and O–H groups in total. The lowest BCUT2D eigenvalue weighted by atomic mass is 10.0. The number of furan rings is 1. The molecule has 26 heavy (non-hydrogen) atoms. The molecular weight excluding hydrogens is 352 g/mol.